The van der Waals surface area contributed by atoms with Gasteiger partial charge in [0.25, 0.3) is 5.91 Å². The molecule has 6 heteroatoms. The second-order valence-electron chi connectivity index (χ2n) is 3.52. The molecule has 1 aliphatic heterocycles. The molecule has 2 rings (SSSR count). The first kappa shape index (κ1) is 10.5. The lowest BCUT2D eigenvalue weighted by Gasteiger charge is -2.12. The molecule has 0 unspecified atom stereocenters. The van der Waals surface area contributed by atoms with E-state index in [9.17, 15) is 18.4 Å². The molecule has 0 aromatic heterocycles. The fourth-order valence-corrected chi connectivity index (χ4v) is 1.56. The van der Waals surface area contributed by atoms with Gasteiger partial charge in [-0.15, -0.1) is 0 Å². The highest BCUT2D eigenvalue weighted by Crippen LogP contribution is 2.24. The average Bonchev–Trinajstić information content (AvgIpc) is 2.24. The third kappa shape index (κ3) is 1.62. The smallest absolute Gasteiger partial charge is 0.259 e. The van der Waals surface area contributed by atoms with Crippen molar-refractivity contribution in [2.75, 3.05) is 18.9 Å². The molecular weight excluding hydrogens is 218 g/mol. The number of anilines is 1. The van der Waals surface area contributed by atoms with Crippen LogP contribution in [0.2, 0.25) is 0 Å². The van der Waals surface area contributed by atoms with Gasteiger partial charge in [0, 0.05) is 13.1 Å². The van der Waals surface area contributed by atoms with E-state index in [1.54, 1.807) is 0 Å². The van der Waals surface area contributed by atoms with E-state index >= 15 is 0 Å². The van der Waals surface area contributed by atoms with E-state index in [1.807, 2.05) is 0 Å². The summed E-state index contributed by atoms with van der Waals surface area (Å²) in [5.74, 6) is -2.95. The number of fused-ring (bicyclic) bond motifs is 1. The number of carbonyl (C=O) groups excluding carboxylic acids is 2. The number of nitrogens with zero attached hydrogens (tertiary/aromatic N) is 1. The van der Waals surface area contributed by atoms with Gasteiger partial charge < -0.3 is 10.2 Å². The standard InChI is InChI=1S/C10H8F2N2O2/c1-14-4-8(15)13-7-3-5(11)2-6(12)9(7)10(14)16/h2-3H,4H2,1H3,(H,13,15). The first-order valence-electron chi connectivity index (χ1n) is 4.53. The first-order valence-corrected chi connectivity index (χ1v) is 4.53. The SMILES string of the molecule is CN1CC(=O)Nc2cc(F)cc(F)c2C1=O. The molecular formula is C10H8F2N2O2. The topological polar surface area (TPSA) is 49.4 Å². The Hall–Kier alpha value is -1.98. The van der Waals surface area contributed by atoms with E-state index in [0.717, 1.165) is 11.0 Å². The number of hydrogen-bond acceptors (Lipinski definition) is 2. The molecule has 1 heterocycles. The van der Waals surface area contributed by atoms with Crippen molar-refractivity contribution < 1.29 is 18.4 Å². The van der Waals surface area contributed by atoms with Gasteiger partial charge in [-0.3, -0.25) is 9.59 Å². The van der Waals surface area contributed by atoms with Gasteiger partial charge >= 0.3 is 0 Å². The van der Waals surface area contributed by atoms with E-state index in [4.69, 9.17) is 0 Å². The predicted molar refractivity (Wildman–Crippen MR) is 51.9 cm³/mol. The molecule has 1 aliphatic rings. The second-order valence-corrected chi connectivity index (χ2v) is 3.52. The van der Waals surface area contributed by atoms with E-state index in [-0.39, 0.29) is 17.8 Å². The first-order chi connectivity index (χ1) is 7.49. The summed E-state index contributed by atoms with van der Waals surface area (Å²) in [6, 6.07) is 1.54. The maximum absolute atomic E-state index is 13.4. The fourth-order valence-electron chi connectivity index (χ4n) is 1.56. The maximum atomic E-state index is 13.4. The van der Waals surface area contributed by atoms with Crippen LogP contribution in [0.1, 0.15) is 10.4 Å². The zero-order chi connectivity index (χ0) is 11.9. The van der Waals surface area contributed by atoms with Gasteiger partial charge in [-0.25, -0.2) is 8.78 Å². The van der Waals surface area contributed by atoms with Crippen LogP contribution in [0.25, 0.3) is 0 Å². The number of nitrogens with one attached hydrogen (secondary N) is 1. The fraction of sp³-hybridized carbons (Fsp3) is 0.200. The monoisotopic (exact) mass is 226 g/mol. The summed E-state index contributed by atoms with van der Waals surface area (Å²) in [5, 5.41) is 2.28. The minimum absolute atomic E-state index is 0.128. The number of rotatable bonds is 0. The summed E-state index contributed by atoms with van der Waals surface area (Å²) in [7, 11) is 1.37. The Kier molecular flexibility index (Phi) is 2.34. The lowest BCUT2D eigenvalue weighted by molar-refractivity contribution is -0.116. The molecule has 0 radical (unpaired) electrons. The lowest BCUT2D eigenvalue weighted by Crippen LogP contribution is -2.31. The molecule has 0 saturated carbocycles. The van der Waals surface area contributed by atoms with Crippen molar-refractivity contribution in [3.8, 4) is 0 Å². The number of halogens is 2. The number of likely N-dealkylation sites (N-methyl/N-ethyl adjacent to an activating group) is 1. The van der Waals surface area contributed by atoms with Crippen molar-refractivity contribution in [2.24, 2.45) is 0 Å². The third-order valence-electron chi connectivity index (χ3n) is 2.27. The zero-order valence-corrected chi connectivity index (χ0v) is 8.38. The summed E-state index contributed by atoms with van der Waals surface area (Å²) in [6.07, 6.45) is 0. The molecule has 4 nitrogen and oxygen atoms in total. The van der Waals surface area contributed by atoms with Gasteiger partial charge in [-0.1, -0.05) is 0 Å². The Labute approximate surface area is 89.8 Å². The van der Waals surface area contributed by atoms with E-state index < -0.39 is 23.4 Å². The normalized spacial score (nSPS) is 15.6. The largest absolute Gasteiger partial charge is 0.332 e. The molecule has 1 aromatic carbocycles. The summed E-state index contributed by atoms with van der Waals surface area (Å²) < 4.78 is 26.3. The van der Waals surface area contributed by atoms with E-state index in [1.165, 1.54) is 7.05 Å². The third-order valence-corrected chi connectivity index (χ3v) is 2.27. The van der Waals surface area contributed by atoms with Gasteiger partial charge in [0.15, 0.2) is 0 Å². The Morgan fingerprint density at radius 1 is 1.31 bits per heavy atom. The number of benzene rings is 1. The number of hydrogen-bond donors (Lipinski definition) is 1. The Balaban J connectivity index is 2.64. The summed E-state index contributed by atoms with van der Waals surface area (Å²) in [5.41, 5.74) is -0.438. The molecule has 2 amide bonds. The summed E-state index contributed by atoms with van der Waals surface area (Å²) in [6.45, 7) is -0.186. The molecule has 0 bridgehead atoms. The van der Waals surface area contributed by atoms with Crippen LogP contribution in [0, 0.1) is 11.6 Å². The molecule has 16 heavy (non-hydrogen) atoms. The van der Waals surface area contributed by atoms with Crippen LogP contribution in [-0.4, -0.2) is 30.3 Å². The van der Waals surface area contributed by atoms with Gasteiger partial charge in [0.2, 0.25) is 5.91 Å². The van der Waals surface area contributed by atoms with Crippen LogP contribution in [0.5, 0.6) is 0 Å². The molecule has 0 aliphatic carbocycles. The highest BCUT2D eigenvalue weighted by atomic mass is 19.1. The van der Waals surface area contributed by atoms with Gasteiger partial charge in [0.1, 0.15) is 11.6 Å². The van der Waals surface area contributed by atoms with Gasteiger partial charge in [-0.2, -0.15) is 0 Å². The van der Waals surface area contributed by atoms with Crippen molar-refractivity contribution in [3.05, 3.63) is 29.3 Å². The van der Waals surface area contributed by atoms with Crippen LogP contribution in [-0.2, 0) is 4.79 Å². The minimum Gasteiger partial charge on any atom is -0.332 e. The molecule has 0 spiro atoms. The van der Waals surface area contributed by atoms with Gasteiger partial charge in [0.05, 0.1) is 17.8 Å². The maximum Gasteiger partial charge on any atom is 0.259 e. The summed E-state index contributed by atoms with van der Waals surface area (Å²) >= 11 is 0. The number of carbonyl (C=O) groups is 2. The van der Waals surface area contributed by atoms with Crippen LogP contribution in [0.15, 0.2) is 12.1 Å². The van der Waals surface area contributed by atoms with Crippen LogP contribution < -0.4 is 5.32 Å². The highest BCUT2D eigenvalue weighted by molar-refractivity contribution is 6.08. The molecule has 1 N–H and O–H groups in total. The van der Waals surface area contributed by atoms with Crippen molar-refractivity contribution in [1.82, 2.24) is 4.90 Å². The minimum atomic E-state index is -0.978. The molecule has 0 atom stereocenters. The predicted octanol–water partition coefficient (Wildman–Crippen LogP) is 0.989. The quantitative estimate of drug-likeness (QED) is 0.717. The molecule has 0 saturated heterocycles. The van der Waals surface area contributed by atoms with Crippen molar-refractivity contribution in [3.63, 3.8) is 0 Å². The van der Waals surface area contributed by atoms with E-state index in [2.05, 4.69) is 5.32 Å². The van der Waals surface area contributed by atoms with E-state index in [0.29, 0.717) is 6.07 Å². The molecule has 1 aromatic rings. The van der Waals surface area contributed by atoms with Crippen molar-refractivity contribution in [1.29, 1.82) is 0 Å². The zero-order valence-electron chi connectivity index (χ0n) is 8.38. The van der Waals surface area contributed by atoms with Crippen molar-refractivity contribution >= 4 is 17.5 Å². The highest BCUT2D eigenvalue weighted by Gasteiger charge is 2.27. The van der Waals surface area contributed by atoms with Crippen LogP contribution in [0.4, 0.5) is 14.5 Å². The second kappa shape index (κ2) is 3.55. The average molecular weight is 226 g/mol. The van der Waals surface area contributed by atoms with Crippen molar-refractivity contribution in [2.45, 2.75) is 0 Å². The Bertz CT molecular complexity index is 488. The lowest BCUT2D eigenvalue weighted by atomic mass is 10.1. The Morgan fingerprint density at radius 3 is 2.69 bits per heavy atom. The van der Waals surface area contributed by atoms with Gasteiger partial charge in [-0.05, 0) is 6.07 Å². The Morgan fingerprint density at radius 2 is 2.00 bits per heavy atom. The van der Waals surface area contributed by atoms with Crippen LogP contribution in [0.3, 0.4) is 0 Å². The molecule has 0 fully saturated rings. The number of amides is 2. The summed E-state index contributed by atoms with van der Waals surface area (Å²) in [4.78, 5) is 24.0. The molecule has 84 valence electrons. The van der Waals surface area contributed by atoms with Crippen LogP contribution >= 0.6 is 0 Å².